The minimum Gasteiger partial charge on any atom is -0.479 e. The number of ether oxygens (including phenoxy) is 2. The Morgan fingerprint density at radius 1 is 1.08 bits per heavy atom. The van der Waals surface area contributed by atoms with Crippen molar-refractivity contribution in [1.29, 1.82) is 0 Å². The highest BCUT2D eigenvalue weighted by atomic mass is 19.1. The van der Waals surface area contributed by atoms with Gasteiger partial charge in [0.25, 0.3) is 0 Å². The molecule has 6 nitrogen and oxygen atoms in total. The lowest BCUT2D eigenvalue weighted by molar-refractivity contribution is -0.150. The third-order valence-electron chi connectivity index (χ3n) is 6.46. The standard InChI is InChI=1S/C28H36F2N2O4/c1-5-14-32-27(34)31(18-22-15-23(29)17-24(30)16-22)19-28(32,4)13-7-8-21-9-11-25(12-10-21)36-20(3)26(33)35-6-2/h9-12,15-17,20H,5-8,13-14,18-19H2,1-4H3. The summed E-state index contributed by atoms with van der Waals surface area (Å²) in [4.78, 5) is 28.5. The fraction of sp³-hybridized carbons (Fsp3) is 0.500. The predicted molar refractivity (Wildman–Crippen MR) is 134 cm³/mol. The summed E-state index contributed by atoms with van der Waals surface area (Å²) in [5.74, 6) is -1.08. The second kappa shape index (κ2) is 12.2. The van der Waals surface area contributed by atoms with E-state index < -0.39 is 23.7 Å². The van der Waals surface area contributed by atoms with E-state index in [0.29, 0.717) is 31.0 Å². The first kappa shape index (κ1) is 27.4. The molecule has 3 rings (SSSR count). The Morgan fingerprint density at radius 2 is 1.75 bits per heavy atom. The normalized spacial score (nSPS) is 18.4. The van der Waals surface area contributed by atoms with Crippen LogP contribution in [0.2, 0.25) is 0 Å². The number of amides is 2. The number of rotatable bonds is 12. The molecule has 2 amide bonds. The van der Waals surface area contributed by atoms with Gasteiger partial charge in [-0.25, -0.2) is 18.4 Å². The fourth-order valence-electron chi connectivity index (χ4n) is 4.73. The minimum atomic E-state index is -0.674. The van der Waals surface area contributed by atoms with E-state index in [1.807, 2.05) is 36.1 Å². The van der Waals surface area contributed by atoms with Crippen LogP contribution in [0, 0.1) is 11.6 Å². The molecule has 2 aromatic carbocycles. The number of urea groups is 1. The molecular weight excluding hydrogens is 466 g/mol. The summed E-state index contributed by atoms with van der Waals surface area (Å²) >= 11 is 0. The van der Waals surface area contributed by atoms with E-state index in [2.05, 4.69) is 6.92 Å². The first-order valence-corrected chi connectivity index (χ1v) is 12.6. The zero-order valence-corrected chi connectivity index (χ0v) is 21.6. The van der Waals surface area contributed by atoms with E-state index in [4.69, 9.17) is 9.47 Å². The smallest absolute Gasteiger partial charge is 0.347 e. The summed E-state index contributed by atoms with van der Waals surface area (Å²) in [5, 5.41) is 0. The van der Waals surface area contributed by atoms with Crippen LogP contribution in [0.1, 0.15) is 58.1 Å². The van der Waals surface area contributed by atoms with Gasteiger partial charge < -0.3 is 19.3 Å². The predicted octanol–water partition coefficient (Wildman–Crippen LogP) is 5.72. The van der Waals surface area contributed by atoms with E-state index >= 15 is 0 Å². The maximum absolute atomic E-state index is 13.6. The Bertz CT molecular complexity index is 1030. The number of benzene rings is 2. The number of carbonyl (C=O) groups excluding carboxylic acids is 2. The molecule has 196 valence electrons. The Balaban J connectivity index is 1.58. The van der Waals surface area contributed by atoms with Crippen LogP contribution >= 0.6 is 0 Å². The molecular formula is C28H36F2N2O4. The van der Waals surface area contributed by atoms with E-state index in [1.54, 1.807) is 18.7 Å². The van der Waals surface area contributed by atoms with Crippen LogP contribution in [0.3, 0.4) is 0 Å². The maximum Gasteiger partial charge on any atom is 0.347 e. The Hall–Kier alpha value is -3.16. The molecule has 0 spiro atoms. The first-order chi connectivity index (χ1) is 17.1. The largest absolute Gasteiger partial charge is 0.479 e. The monoisotopic (exact) mass is 502 g/mol. The molecule has 1 fully saturated rings. The highest BCUT2D eigenvalue weighted by Crippen LogP contribution is 2.33. The summed E-state index contributed by atoms with van der Waals surface area (Å²) < 4.78 is 37.9. The number of aryl methyl sites for hydroxylation is 1. The van der Waals surface area contributed by atoms with Crippen molar-refractivity contribution in [3.05, 3.63) is 65.2 Å². The van der Waals surface area contributed by atoms with Crippen LogP contribution in [0.25, 0.3) is 0 Å². The summed E-state index contributed by atoms with van der Waals surface area (Å²) in [5.41, 5.74) is 1.21. The zero-order chi connectivity index (χ0) is 26.3. The van der Waals surface area contributed by atoms with Gasteiger partial charge >= 0.3 is 12.0 Å². The van der Waals surface area contributed by atoms with Crippen LogP contribution in [0.5, 0.6) is 5.75 Å². The fourth-order valence-corrected chi connectivity index (χ4v) is 4.73. The van der Waals surface area contributed by atoms with Crippen molar-refractivity contribution in [2.45, 2.75) is 71.6 Å². The molecule has 0 bridgehead atoms. The first-order valence-electron chi connectivity index (χ1n) is 12.6. The summed E-state index contributed by atoms with van der Waals surface area (Å²) in [6, 6.07) is 10.9. The zero-order valence-electron chi connectivity index (χ0n) is 21.6. The third-order valence-corrected chi connectivity index (χ3v) is 6.46. The molecule has 2 aromatic rings. The van der Waals surface area contributed by atoms with Crippen molar-refractivity contribution < 1.29 is 27.8 Å². The molecule has 2 unspecified atom stereocenters. The summed E-state index contributed by atoms with van der Waals surface area (Å²) in [6.45, 7) is 9.15. The van der Waals surface area contributed by atoms with Gasteiger partial charge in [-0.15, -0.1) is 0 Å². The quantitative estimate of drug-likeness (QED) is 0.348. The van der Waals surface area contributed by atoms with Gasteiger partial charge in [0.05, 0.1) is 12.1 Å². The average Bonchev–Trinajstić information content (AvgIpc) is 3.04. The van der Waals surface area contributed by atoms with Crippen molar-refractivity contribution >= 4 is 12.0 Å². The third kappa shape index (κ3) is 6.95. The number of carbonyl (C=O) groups is 2. The van der Waals surface area contributed by atoms with Crippen molar-refractivity contribution in [1.82, 2.24) is 9.80 Å². The Kier molecular flexibility index (Phi) is 9.29. The van der Waals surface area contributed by atoms with E-state index in [1.165, 1.54) is 12.1 Å². The van der Waals surface area contributed by atoms with E-state index in [0.717, 1.165) is 37.3 Å². The average molecular weight is 503 g/mol. The molecule has 0 saturated carbocycles. The van der Waals surface area contributed by atoms with Crippen LogP contribution in [0.15, 0.2) is 42.5 Å². The lowest BCUT2D eigenvalue weighted by atomic mass is 9.92. The lowest BCUT2D eigenvalue weighted by Crippen LogP contribution is -2.45. The SMILES string of the molecule is CCCN1C(=O)N(Cc2cc(F)cc(F)c2)CC1(C)CCCc1ccc(OC(C)C(=O)OCC)cc1. The number of hydrogen-bond acceptors (Lipinski definition) is 4. The van der Waals surface area contributed by atoms with Gasteiger partial charge in [0, 0.05) is 25.7 Å². The number of hydrogen-bond donors (Lipinski definition) is 0. The van der Waals surface area contributed by atoms with Gasteiger partial charge in [-0.1, -0.05) is 19.1 Å². The molecule has 1 saturated heterocycles. The molecule has 1 aliphatic heterocycles. The van der Waals surface area contributed by atoms with Crippen molar-refractivity contribution in [3.63, 3.8) is 0 Å². The summed E-state index contributed by atoms with van der Waals surface area (Å²) in [6.07, 6.45) is 2.64. The van der Waals surface area contributed by atoms with Crippen LogP contribution in [0.4, 0.5) is 13.6 Å². The molecule has 1 aliphatic rings. The summed E-state index contributed by atoms with van der Waals surface area (Å²) in [7, 11) is 0. The topological polar surface area (TPSA) is 59.1 Å². The Labute approximate surface area is 212 Å². The lowest BCUT2D eigenvalue weighted by Gasteiger charge is -2.33. The Morgan fingerprint density at radius 3 is 2.36 bits per heavy atom. The highest BCUT2D eigenvalue weighted by Gasteiger charge is 2.45. The van der Waals surface area contributed by atoms with Gasteiger partial charge in [-0.2, -0.15) is 0 Å². The van der Waals surface area contributed by atoms with Crippen molar-refractivity contribution in [3.8, 4) is 5.75 Å². The van der Waals surface area contributed by atoms with Crippen molar-refractivity contribution in [2.24, 2.45) is 0 Å². The molecule has 1 heterocycles. The molecule has 2 atom stereocenters. The van der Waals surface area contributed by atoms with E-state index in [9.17, 15) is 18.4 Å². The van der Waals surface area contributed by atoms with Crippen LogP contribution < -0.4 is 4.74 Å². The number of halogens is 2. The second-order valence-corrected chi connectivity index (χ2v) is 9.57. The molecule has 0 N–H and O–H groups in total. The van der Waals surface area contributed by atoms with Gasteiger partial charge in [0.1, 0.15) is 17.4 Å². The molecule has 0 radical (unpaired) electrons. The second-order valence-electron chi connectivity index (χ2n) is 9.57. The van der Waals surface area contributed by atoms with Gasteiger partial charge in [0.15, 0.2) is 6.10 Å². The number of nitrogens with zero attached hydrogens (tertiary/aromatic N) is 2. The molecule has 0 aliphatic carbocycles. The highest BCUT2D eigenvalue weighted by molar-refractivity contribution is 5.78. The molecule has 36 heavy (non-hydrogen) atoms. The van der Waals surface area contributed by atoms with Gasteiger partial charge in [0.2, 0.25) is 0 Å². The van der Waals surface area contributed by atoms with Crippen LogP contribution in [-0.2, 0) is 22.5 Å². The van der Waals surface area contributed by atoms with Gasteiger partial charge in [-0.05, 0) is 81.8 Å². The van der Waals surface area contributed by atoms with Crippen LogP contribution in [-0.4, -0.2) is 53.1 Å². The minimum absolute atomic E-state index is 0.0961. The van der Waals surface area contributed by atoms with Crippen molar-refractivity contribution in [2.75, 3.05) is 19.7 Å². The van der Waals surface area contributed by atoms with E-state index in [-0.39, 0.29) is 18.1 Å². The van der Waals surface area contributed by atoms with Gasteiger partial charge in [-0.3, -0.25) is 0 Å². The molecule has 0 aromatic heterocycles. The molecule has 8 heteroatoms. The number of esters is 1. The maximum atomic E-state index is 13.6.